The van der Waals surface area contributed by atoms with E-state index in [-0.39, 0.29) is 25.1 Å². The first-order valence-corrected chi connectivity index (χ1v) is 6.49. The molecule has 0 aliphatic rings. The van der Waals surface area contributed by atoms with Crippen LogP contribution in [0.3, 0.4) is 0 Å². The third-order valence-corrected chi connectivity index (χ3v) is 3.28. The molecule has 0 aromatic carbocycles. The Morgan fingerprint density at radius 1 is 1.53 bits per heavy atom. The lowest BCUT2D eigenvalue weighted by molar-refractivity contribution is -0.138. The van der Waals surface area contributed by atoms with E-state index in [0.717, 1.165) is 0 Å². The number of nitrogens with two attached hydrogens (primary N) is 1. The van der Waals surface area contributed by atoms with E-state index in [9.17, 15) is 14.3 Å². The predicted molar refractivity (Wildman–Crippen MR) is 55.8 cm³/mol. The van der Waals surface area contributed by atoms with Crippen LogP contribution in [0.2, 0.25) is 0 Å². The Labute approximate surface area is 89.0 Å². The number of rotatable bonds is 7. The topological polar surface area (TPSA) is 110 Å². The van der Waals surface area contributed by atoms with Crippen LogP contribution in [0, 0.1) is 0 Å². The van der Waals surface area contributed by atoms with Crippen molar-refractivity contribution in [3.05, 3.63) is 0 Å². The monoisotopic (exact) mass is 239 g/mol. The van der Waals surface area contributed by atoms with E-state index in [0.29, 0.717) is 0 Å². The molecule has 4 N–H and O–H groups in total. The molecule has 90 valence electrons. The van der Waals surface area contributed by atoms with E-state index in [2.05, 4.69) is 0 Å². The second-order valence-electron chi connectivity index (χ2n) is 3.60. The molecule has 15 heavy (non-hydrogen) atoms. The second-order valence-corrected chi connectivity index (χ2v) is 5.54. The number of carboxylic acid groups (broad SMARTS) is 1. The Morgan fingerprint density at radius 2 is 2.07 bits per heavy atom. The molecule has 6 nitrogen and oxygen atoms in total. The fourth-order valence-electron chi connectivity index (χ4n) is 1.02. The highest BCUT2D eigenvalue weighted by Crippen LogP contribution is 2.43. The molecule has 7 heteroatoms. The molecule has 0 saturated carbocycles. The summed E-state index contributed by atoms with van der Waals surface area (Å²) in [5.74, 6) is -1.10. The number of aliphatic carboxylic acids is 1. The fourth-order valence-corrected chi connectivity index (χ4v) is 2.36. The van der Waals surface area contributed by atoms with Gasteiger partial charge in [0.2, 0.25) is 0 Å². The van der Waals surface area contributed by atoms with Crippen LogP contribution in [0.15, 0.2) is 0 Å². The van der Waals surface area contributed by atoms with Crippen molar-refractivity contribution in [1.29, 1.82) is 0 Å². The standard InChI is InChI=1S/C8H18NO5P/c1-6(2)14-15(12,13)5-3-4-7(9)8(10)11/h6-7H,3-5,9H2,1-2H3,(H,10,11)(H,12,13). The summed E-state index contributed by atoms with van der Waals surface area (Å²) < 4.78 is 16.1. The first kappa shape index (κ1) is 14.6. The van der Waals surface area contributed by atoms with Crippen LogP contribution in [0.5, 0.6) is 0 Å². The van der Waals surface area contributed by atoms with Crippen molar-refractivity contribution in [1.82, 2.24) is 0 Å². The highest BCUT2D eigenvalue weighted by atomic mass is 31.2. The van der Waals surface area contributed by atoms with E-state index >= 15 is 0 Å². The van der Waals surface area contributed by atoms with E-state index in [4.69, 9.17) is 15.4 Å². The van der Waals surface area contributed by atoms with Gasteiger partial charge in [-0.15, -0.1) is 0 Å². The largest absolute Gasteiger partial charge is 0.480 e. The third kappa shape index (κ3) is 7.50. The first-order valence-electron chi connectivity index (χ1n) is 4.73. The lowest BCUT2D eigenvalue weighted by Crippen LogP contribution is -2.30. The van der Waals surface area contributed by atoms with E-state index < -0.39 is 19.6 Å². The summed E-state index contributed by atoms with van der Waals surface area (Å²) in [5.41, 5.74) is 5.24. The highest BCUT2D eigenvalue weighted by Gasteiger charge is 2.21. The van der Waals surface area contributed by atoms with E-state index in [1.54, 1.807) is 13.8 Å². The molecule has 0 aromatic heterocycles. The minimum atomic E-state index is -3.58. The van der Waals surface area contributed by atoms with Crippen LogP contribution in [-0.2, 0) is 13.9 Å². The number of carboxylic acids is 1. The zero-order valence-electron chi connectivity index (χ0n) is 8.92. The van der Waals surface area contributed by atoms with Gasteiger partial charge >= 0.3 is 13.6 Å². The third-order valence-electron chi connectivity index (χ3n) is 1.65. The van der Waals surface area contributed by atoms with Crippen molar-refractivity contribution in [3.63, 3.8) is 0 Å². The van der Waals surface area contributed by atoms with Crippen molar-refractivity contribution in [2.24, 2.45) is 5.73 Å². The maximum Gasteiger partial charge on any atom is 0.328 e. The highest BCUT2D eigenvalue weighted by molar-refractivity contribution is 7.52. The Morgan fingerprint density at radius 3 is 2.47 bits per heavy atom. The summed E-state index contributed by atoms with van der Waals surface area (Å²) in [6, 6.07) is -0.982. The smallest absolute Gasteiger partial charge is 0.328 e. The van der Waals surface area contributed by atoms with Crippen LogP contribution < -0.4 is 5.73 Å². The summed E-state index contributed by atoms with van der Waals surface area (Å²) >= 11 is 0. The predicted octanol–water partition coefficient (Wildman–Crippen LogP) is 0.789. The van der Waals surface area contributed by atoms with Gasteiger partial charge in [-0.3, -0.25) is 9.36 Å². The lowest BCUT2D eigenvalue weighted by atomic mass is 10.2. The molecule has 0 bridgehead atoms. The van der Waals surface area contributed by atoms with E-state index in [1.165, 1.54) is 0 Å². The van der Waals surface area contributed by atoms with Crippen LogP contribution in [0.1, 0.15) is 26.7 Å². The molecule has 0 saturated heterocycles. The Kier molecular flexibility index (Phi) is 6.05. The summed E-state index contributed by atoms with van der Waals surface area (Å²) in [4.78, 5) is 19.6. The molecule has 0 aliphatic carbocycles. The molecule has 0 radical (unpaired) electrons. The van der Waals surface area contributed by atoms with Crippen LogP contribution in [0.4, 0.5) is 0 Å². The quantitative estimate of drug-likeness (QED) is 0.566. The van der Waals surface area contributed by atoms with Crippen molar-refractivity contribution in [2.45, 2.75) is 38.8 Å². The Balaban J connectivity index is 3.85. The van der Waals surface area contributed by atoms with Crippen LogP contribution in [0.25, 0.3) is 0 Å². The second kappa shape index (κ2) is 6.23. The SMILES string of the molecule is CC(C)OP(=O)(O)CCCC(N)C(=O)O. The maximum atomic E-state index is 11.3. The fraction of sp³-hybridized carbons (Fsp3) is 0.875. The molecule has 0 amide bonds. The lowest BCUT2D eigenvalue weighted by Gasteiger charge is -2.15. The normalized spacial score (nSPS) is 17.4. The molecular formula is C8H18NO5P. The van der Waals surface area contributed by atoms with Crippen LogP contribution in [-0.4, -0.2) is 34.3 Å². The van der Waals surface area contributed by atoms with Gasteiger partial charge in [-0.05, 0) is 26.7 Å². The zero-order chi connectivity index (χ0) is 12.1. The molecule has 2 atom stereocenters. The van der Waals surface area contributed by atoms with E-state index in [1.807, 2.05) is 0 Å². The molecule has 2 unspecified atom stereocenters. The molecule has 0 spiro atoms. The molecular weight excluding hydrogens is 221 g/mol. The average Bonchev–Trinajstić information content (AvgIpc) is 2.00. The van der Waals surface area contributed by atoms with Gasteiger partial charge in [-0.2, -0.15) is 0 Å². The van der Waals surface area contributed by atoms with Gasteiger partial charge in [-0.1, -0.05) is 0 Å². The van der Waals surface area contributed by atoms with Gasteiger partial charge in [0.25, 0.3) is 0 Å². The minimum absolute atomic E-state index is 0.0633. The van der Waals surface area contributed by atoms with Crippen molar-refractivity contribution >= 4 is 13.6 Å². The van der Waals surface area contributed by atoms with Gasteiger partial charge in [0, 0.05) is 0 Å². The van der Waals surface area contributed by atoms with Crippen LogP contribution >= 0.6 is 7.60 Å². The first-order chi connectivity index (χ1) is 6.74. The minimum Gasteiger partial charge on any atom is -0.480 e. The number of hydrogen-bond donors (Lipinski definition) is 3. The van der Waals surface area contributed by atoms with Gasteiger partial charge in [0.15, 0.2) is 0 Å². The van der Waals surface area contributed by atoms with Crippen molar-refractivity contribution in [2.75, 3.05) is 6.16 Å². The summed E-state index contributed by atoms with van der Waals surface area (Å²) in [6.07, 6.45) is 0.0375. The molecule has 0 aromatic rings. The molecule has 0 heterocycles. The Bertz CT molecular complexity index is 255. The average molecular weight is 239 g/mol. The summed E-state index contributed by atoms with van der Waals surface area (Å²) in [5, 5.41) is 8.47. The molecule has 0 rings (SSSR count). The molecule has 0 fully saturated rings. The number of carbonyl (C=O) groups is 1. The summed E-state index contributed by atoms with van der Waals surface area (Å²) in [7, 11) is -3.58. The van der Waals surface area contributed by atoms with Gasteiger partial charge in [-0.25, -0.2) is 0 Å². The van der Waals surface area contributed by atoms with Crippen molar-refractivity contribution < 1.29 is 23.9 Å². The number of hydrogen-bond acceptors (Lipinski definition) is 4. The van der Waals surface area contributed by atoms with Gasteiger partial charge in [0.1, 0.15) is 6.04 Å². The maximum absolute atomic E-state index is 11.3. The van der Waals surface area contributed by atoms with Crippen molar-refractivity contribution in [3.8, 4) is 0 Å². The van der Waals surface area contributed by atoms with Gasteiger partial charge < -0.3 is 20.3 Å². The molecule has 0 aliphatic heterocycles. The Hall–Kier alpha value is -0.420. The summed E-state index contributed by atoms with van der Waals surface area (Å²) in [6.45, 7) is 3.32. The zero-order valence-corrected chi connectivity index (χ0v) is 9.81. The van der Waals surface area contributed by atoms with Gasteiger partial charge in [0.05, 0.1) is 12.3 Å².